The molecule has 11 nitrogen and oxygen atoms in total. The lowest BCUT2D eigenvalue weighted by molar-refractivity contribution is 0.0810. The number of thiophene rings is 4. The lowest BCUT2D eigenvalue weighted by Gasteiger charge is -2.16. The molecule has 4 aromatic heterocycles. The molecular weight excluding hydrogens is 593 g/mol. The van der Waals surface area contributed by atoms with Gasteiger partial charge in [-0.1, -0.05) is 0 Å². The molecule has 0 saturated heterocycles. The minimum Gasteiger partial charge on any atom is -0.333 e. The number of nitrogens with zero attached hydrogens (tertiary/aromatic N) is 2. The number of nitrogens with one attached hydrogen (secondary N) is 4. The van der Waals surface area contributed by atoms with E-state index in [-0.39, 0.29) is 38.0 Å². The molecule has 0 radical (unpaired) electrons. The number of hydrogen-bond acceptors (Lipinski definition) is 9. The van der Waals surface area contributed by atoms with Gasteiger partial charge in [0.25, 0.3) is 11.8 Å². The standard InChI is InChI=1S/C25H20N6O5S4/c32-21-13-1-5-39-19(13)11-30(21)24(35)26-9-17-15(3-7-37-17)28-23(34)29-16-4-8-38-18(16)10-27-25(36)31-12-20-14(22(31)33)2-6-40-20/h1-8H,9-12H2,(H,26,35)(H,27,36)(H2,28,29,34). The van der Waals surface area contributed by atoms with Crippen LogP contribution in [0.2, 0.25) is 0 Å². The SMILES string of the molecule is O=C(Nc1ccsc1CNC(=O)N1Cc2sccc2C1=O)Nc1ccsc1CNC(=O)N1Cc2sccc2C1=O. The normalized spacial score (nSPS) is 13.8. The van der Waals surface area contributed by atoms with Crippen LogP contribution in [-0.2, 0) is 26.2 Å². The Morgan fingerprint density at radius 2 is 1.07 bits per heavy atom. The summed E-state index contributed by atoms with van der Waals surface area (Å²) in [7, 11) is 0. The Morgan fingerprint density at radius 1 is 0.650 bits per heavy atom. The fraction of sp³-hybridized carbons (Fsp3) is 0.160. The highest BCUT2D eigenvalue weighted by atomic mass is 32.1. The lowest BCUT2D eigenvalue weighted by Crippen LogP contribution is -2.39. The molecular formula is C25H20N6O5S4. The van der Waals surface area contributed by atoms with E-state index >= 15 is 0 Å². The van der Waals surface area contributed by atoms with Gasteiger partial charge in [-0.3, -0.25) is 19.4 Å². The molecule has 2 aliphatic rings. The quantitative estimate of drug-likeness (QED) is 0.234. The monoisotopic (exact) mass is 612 g/mol. The summed E-state index contributed by atoms with van der Waals surface area (Å²) in [6, 6.07) is 5.42. The summed E-state index contributed by atoms with van der Waals surface area (Å²) in [4.78, 5) is 68.3. The predicted molar refractivity (Wildman–Crippen MR) is 154 cm³/mol. The molecule has 4 N–H and O–H groups in total. The van der Waals surface area contributed by atoms with E-state index in [1.165, 1.54) is 55.1 Å². The third-order valence-electron chi connectivity index (χ3n) is 6.32. The van der Waals surface area contributed by atoms with Crippen molar-refractivity contribution in [3.8, 4) is 0 Å². The van der Waals surface area contributed by atoms with Crippen molar-refractivity contribution in [2.24, 2.45) is 0 Å². The number of anilines is 2. The van der Waals surface area contributed by atoms with Crippen molar-refractivity contribution in [2.75, 3.05) is 10.6 Å². The van der Waals surface area contributed by atoms with Crippen LogP contribution in [0, 0.1) is 0 Å². The van der Waals surface area contributed by atoms with Crippen molar-refractivity contribution in [3.05, 3.63) is 76.4 Å². The zero-order valence-electron chi connectivity index (χ0n) is 20.5. The summed E-state index contributed by atoms with van der Waals surface area (Å²) in [6.07, 6.45) is 0. The van der Waals surface area contributed by atoms with Gasteiger partial charge in [0.1, 0.15) is 0 Å². The molecule has 15 heteroatoms. The molecule has 6 heterocycles. The first-order valence-corrected chi connectivity index (χ1v) is 15.4. The average molecular weight is 613 g/mol. The van der Waals surface area contributed by atoms with Crippen LogP contribution >= 0.6 is 45.3 Å². The largest absolute Gasteiger partial charge is 0.333 e. The number of hydrogen-bond donors (Lipinski definition) is 4. The maximum absolute atomic E-state index is 12.8. The molecule has 2 aliphatic heterocycles. The number of amides is 8. The average Bonchev–Trinajstić information content (AvgIpc) is 3.76. The van der Waals surface area contributed by atoms with Crippen molar-refractivity contribution in [1.82, 2.24) is 20.4 Å². The smallest absolute Gasteiger partial charge is 0.325 e. The first-order valence-electron chi connectivity index (χ1n) is 11.9. The van der Waals surface area contributed by atoms with Crippen LogP contribution in [0.4, 0.5) is 25.8 Å². The van der Waals surface area contributed by atoms with Gasteiger partial charge in [0, 0.05) is 19.5 Å². The van der Waals surface area contributed by atoms with Gasteiger partial charge >= 0.3 is 18.1 Å². The Balaban J connectivity index is 1.00. The summed E-state index contributed by atoms with van der Waals surface area (Å²) >= 11 is 5.61. The van der Waals surface area contributed by atoms with E-state index < -0.39 is 18.1 Å². The lowest BCUT2D eigenvalue weighted by atomic mass is 10.3. The second kappa shape index (κ2) is 10.8. The van der Waals surface area contributed by atoms with Gasteiger partial charge in [-0.2, -0.15) is 0 Å². The van der Waals surface area contributed by atoms with E-state index in [9.17, 15) is 24.0 Å². The van der Waals surface area contributed by atoms with Crippen LogP contribution in [-0.4, -0.2) is 39.7 Å². The van der Waals surface area contributed by atoms with E-state index in [0.717, 1.165) is 9.75 Å². The maximum Gasteiger partial charge on any atom is 0.325 e. The Morgan fingerprint density at radius 3 is 1.50 bits per heavy atom. The summed E-state index contributed by atoms with van der Waals surface area (Å²) in [5.74, 6) is -0.632. The van der Waals surface area contributed by atoms with Gasteiger partial charge in [-0.05, 0) is 45.8 Å². The van der Waals surface area contributed by atoms with Gasteiger partial charge < -0.3 is 21.3 Å². The zero-order chi connectivity index (χ0) is 27.8. The second-order valence-corrected chi connectivity index (χ2v) is 12.7. The first-order chi connectivity index (χ1) is 19.4. The summed E-state index contributed by atoms with van der Waals surface area (Å²) < 4.78 is 0. The maximum atomic E-state index is 12.8. The molecule has 0 aliphatic carbocycles. The van der Waals surface area contributed by atoms with Crippen LogP contribution < -0.4 is 21.3 Å². The van der Waals surface area contributed by atoms with Crippen molar-refractivity contribution in [2.45, 2.75) is 26.2 Å². The fourth-order valence-electron chi connectivity index (χ4n) is 4.31. The highest BCUT2D eigenvalue weighted by Gasteiger charge is 2.34. The van der Waals surface area contributed by atoms with Crippen LogP contribution in [0.3, 0.4) is 0 Å². The van der Waals surface area contributed by atoms with E-state index in [0.29, 0.717) is 32.3 Å². The second-order valence-electron chi connectivity index (χ2n) is 8.71. The fourth-order valence-corrected chi connectivity index (χ4v) is 7.56. The third kappa shape index (κ3) is 4.99. The minimum atomic E-state index is -0.492. The Hall–Kier alpha value is -4.05. The first kappa shape index (κ1) is 26.2. The van der Waals surface area contributed by atoms with Crippen LogP contribution in [0.25, 0.3) is 0 Å². The molecule has 8 amide bonds. The van der Waals surface area contributed by atoms with E-state index in [1.54, 1.807) is 35.0 Å². The van der Waals surface area contributed by atoms with Crippen molar-refractivity contribution >= 4 is 86.6 Å². The van der Waals surface area contributed by atoms with Crippen molar-refractivity contribution < 1.29 is 24.0 Å². The molecule has 0 bridgehead atoms. The Labute approximate surface area is 243 Å². The van der Waals surface area contributed by atoms with Crippen molar-refractivity contribution in [1.29, 1.82) is 0 Å². The molecule has 0 atom stereocenters. The molecule has 4 aromatic rings. The van der Waals surface area contributed by atoms with E-state index in [4.69, 9.17) is 0 Å². The van der Waals surface area contributed by atoms with Crippen LogP contribution in [0.15, 0.2) is 45.8 Å². The number of imide groups is 2. The number of carbonyl (C=O) groups excluding carboxylic acids is 5. The Kier molecular flexibility index (Phi) is 7.10. The number of fused-ring (bicyclic) bond motifs is 2. The molecule has 0 aromatic carbocycles. The topological polar surface area (TPSA) is 140 Å². The molecule has 40 heavy (non-hydrogen) atoms. The number of urea groups is 3. The summed E-state index contributed by atoms with van der Waals surface area (Å²) in [5, 5.41) is 18.3. The van der Waals surface area contributed by atoms with Gasteiger partial charge in [0.2, 0.25) is 0 Å². The summed E-state index contributed by atoms with van der Waals surface area (Å²) in [5.41, 5.74) is 2.17. The molecule has 0 fully saturated rings. The van der Waals surface area contributed by atoms with E-state index in [1.807, 2.05) is 10.8 Å². The van der Waals surface area contributed by atoms with Crippen LogP contribution in [0.5, 0.6) is 0 Å². The minimum absolute atomic E-state index is 0.140. The molecule has 6 rings (SSSR count). The number of carbonyl (C=O) groups is 5. The third-order valence-corrected chi connectivity index (χ3v) is 9.98. The highest BCUT2D eigenvalue weighted by Crippen LogP contribution is 2.30. The summed E-state index contributed by atoms with van der Waals surface area (Å²) in [6.45, 7) is 0.785. The zero-order valence-corrected chi connectivity index (χ0v) is 23.8. The highest BCUT2D eigenvalue weighted by molar-refractivity contribution is 7.11. The van der Waals surface area contributed by atoms with Gasteiger partial charge in [0.05, 0.1) is 48.7 Å². The molecule has 0 unspecified atom stereocenters. The van der Waals surface area contributed by atoms with Gasteiger partial charge in [-0.15, -0.1) is 45.3 Å². The Bertz CT molecular complexity index is 1530. The molecule has 0 spiro atoms. The van der Waals surface area contributed by atoms with Crippen molar-refractivity contribution in [3.63, 3.8) is 0 Å². The molecule has 0 saturated carbocycles. The molecule has 204 valence electrons. The van der Waals surface area contributed by atoms with Crippen LogP contribution in [0.1, 0.15) is 40.2 Å². The van der Waals surface area contributed by atoms with E-state index in [2.05, 4.69) is 21.3 Å². The number of rotatable bonds is 6. The predicted octanol–water partition coefficient (Wildman–Crippen LogP) is 5.31. The van der Waals surface area contributed by atoms with Gasteiger partial charge in [0.15, 0.2) is 0 Å². The van der Waals surface area contributed by atoms with Gasteiger partial charge in [-0.25, -0.2) is 14.4 Å².